The van der Waals surface area contributed by atoms with Crippen molar-refractivity contribution in [3.63, 3.8) is 0 Å². The predicted octanol–water partition coefficient (Wildman–Crippen LogP) is 3.78. The summed E-state index contributed by atoms with van der Waals surface area (Å²) >= 11 is 4.45. The van der Waals surface area contributed by atoms with Crippen LogP contribution in [0.5, 0.6) is 5.75 Å². The van der Waals surface area contributed by atoms with Gasteiger partial charge < -0.3 is 4.74 Å². The zero-order valence-corrected chi connectivity index (χ0v) is 14.9. The number of hydrogen-bond donors (Lipinski definition) is 1. The molecule has 21 heavy (non-hydrogen) atoms. The number of thiophene rings is 1. The van der Waals surface area contributed by atoms with E-state index in [4.69, 9.17) is 4.74 Å². The van der Waals surface area contributed by atoms with Gasteiger partial charge in [0.15, 0.2) is 0 Å². The van der Waals surface area contributed by atoms with Gasteiger partial charge in [0.1, 0.15) is 9.96 Å². The second-order valence-corrected chi connectivity index (χ2v) is 9.15. The zero-order valence-electron chi connectivity index (χ0n) is 11.7. The van der Waals surface area contributed by atoms with E-state index in [0.29, 0.717) is 4.21 Å². The summed E-state index contributed by atoms with van der Waals surface area (Å²) in [5.41, 5.74) is 0.880. The van der Waals surface area contributed by atoms with Gasteiger partial charge in [0.05, 0.1) is 9.89 Å². The Hall–Kier alpha value is -0.890. The molecule has 0 bridgehead atoms. The Balaban J connectivity index is 1.99. The predicted molar refractivity (Wildman–Crippen MR) is 88.3 cm³/mol. The van der Waals surface area contributed by atoms with Crippen LogP contribution in [-0.4, -0.2) is 14.5 Å². The summed E-state index contributed by atoms with van der Waals surface area (Å²) < 4.78 is 33.4. The van der Waals surface area contributed by atoms with E-state index < -0.39 is 10.0 Å². The first kappa shape index (κ1) is 16.5. The van der Waals surface area contributed by atoms with Gasteiger partial charge in [-0.25, -0.2) is 13.1 Å². The van der Waals surface area contributed by atoms with E-state index >= 15 is 0 Å². The number of hydrogen-bond acceptors (Lipinski definition) is 4. The number of halogens is 1. The van der Waals surface area contributed by atoms with Gasteiger partial charge in [0, 0.05) is 6.54 Å². The molecule has 0 saturated carbocycles. The first-order valence-corrected chi connectivity index (χ1v) is 9.47. The van der Waals surface area contributed by atoms with Crippen LogP contribution in [0.2, 0.25) is 0 Å². The summed E-state index contributed by atoms with van der Waals surface area (Å²) in [5.74, 6) is 0.777. The number of nitrogens with one attached hydrogen (secondary N) is 1. The quantitative estimate of drug-likeness (QED) is 0.817. The SMILES string of the molecule is CC(C)Oc1ccc(CNS(=O)(=O)c2ccc(Br)s2)cc1. The highest BCUT2D eigenvalue weighted by molar-refractivity contribution is 9.11. The fraction of sp³-hybridized carbons (Fsp3) is 0.286. The summed E-state index contributed by atoms with van der Waals surface area (Å²) in [6.07, 6.45) is 0.117. The lowest BCUT2D eigenvalue weighted by atomic mass is 10.2. The highest BCUT2D eigenvalue weighted by atomic mass is 79.9. The minimum Gasteiger partial charge on any atom is -0.491 e. The summed E-state index contributed by atoms with van der Waals surface area (Å²) in [4.78, 5) is 0. The van der Waals surface area contributed by atoms with Gasteiger partial charge >= 0.3 is 0 Å². The normalized spacial score (nSPS) is 11.8. The molecular formula is C14H16BrNO3S2. The van der Waals surface area contributed by atoms with E-state index in [9.17, 15) is 8.42 Å². The second kappa shape index (κ2) is 6.91. The Labute approximate surface area is 137 Å². The molecule has 0 saturated heterocycles. The van der Waals surface area contributed by atoms with Crippen molar-refractivity contribution in [2.24, 2.45) is 0 Å². The molecule has 0 spiro atoms. The summed E-state index contributed by atoms with van der Waals surface area (Å²) in [7, 11) is -3.46. The molecule has 1 heterocycles. The summed E-state index contributed by atoms with van der Waals surface area (Å²) in [6, 6.07) is 10.7. The molecule has 0 aliphatic heterocycles. The second-order valence-electron chi connectivity index (χ2n) is 4.69. The van der Waals surface area contributed by atoms with Crippen LogP contribution in [0.3, 0.4) is 0 Å². The van der Waals surface area contributed by atoms with E-state index in [1.807, 2.05) is 38.1 Å². The van der Waals surface area contributed by atoms with Crippen molar-refractivity contribution in [3.05, 3.63) is 45.7 Å². The standard InChI is InChI=1S/C14H16BrNO3S2/c1-10(2)19-12-5-3-11(4-6-12)9-16-21(17,18)14-8-7-13(15)20-14/h3-8,10,16H,9H2,1-2H3. The summed E-state index contributed by atoms with van der Waals surface area (Å²) in [6.45, 7) is 4.17. The topological polar surface area (TPSA) is 55.4 Å². The fourth-order valence-corrected chi connectivity index (χ4v) is 4.72. The third-order valence-corrected chi connectivity index (χ3v) is 6.09. The maximum absolute atomic E-state index is 12.1. The molecule has 4 nitrogen and oxygen atoms in total. The van der Waals surface area contributed by atoms with Crippen molar-refractivity contribution in [1.82, 2.24) is 4.72 Å². The molecule has 1 aromatic carbocycles. The smallest absolute Gasteiger partial charge is 0.250 e. The molecular weight excluding hydrogens is 374 g/mol. The highest BCUT2D eigenvalue weighted by Gasteiger charge is 2.15. The van der Waals surface area contributed by atoms with Crippen molar-refractivity contribution in [3.8, 4) is 5.75 Å². The van der Waals surface area contributed by atoms with Crippen LogP contribution in [0.15, 0.2) is 44.4 Å². The van der Waals surface area contributed by atoms with Crippen molar-refractivity contribution in [1.29, 1.82) is 0 Å². The number of benzene rings is 1. The van der Waals surface area contributed by atoms with E-state index in [2.05, 4.69) is 20.7 Å². The van der Waals surface area contributed by atoms with Crippen LogP contribution < -0.4 is 9.46 Å². The molecule has 0 atom stereocenters. The Kier molecular flexibility index (Phi) is 5.43. The average molecular weight is 390 g/mol. The van der Waals surface area contributed by atoms with Gasteiger partial charge in [0.25, 0.3) is 0 Å². The lowest BCUT2D eigenvalue weighted by Crippen LogP contribution is -2.22. The third-order valence-electron chi connectivity index (χ3n) is 2.57. The molecule has 0 aliphatic carbocycles. The van der Waals surface area contributed by atoms with Gasteiger partial charge in [-0.3, -0.25) is 0 Å². The third kappa shape index (κ3) is 4.81. The molecule has 2 aromatic rings. The Morgan fingerprint density at radius 1 is 1.19 bits per heavy atom. The van der Waals surface area contributed by atoms with Crippen LogP contribution in [-0.2, 0) is 16.6 Å². The van der Waals surface area contributed by atoms with Crippen molar-refractivity contribution < 1.29 is 13.2 Å². The minimum absolute atomic E-state index is 0.117. The number of sulfonamides is 1. The Morgan fingerprint density at radius 3 is 2.38 bits per heavy atom. The number of rotatable bonds is 6. The average Bonchev–Trinajstić information content (AvgIpc) is 2.85. The van der Waals surface area contributed by atoms with Crippen LogP contribution in [0.25, 0.3) is 0 Å². The molecule has 0 fully saturated rings. The number of ether oxygens (including phenoxy) is 1. The van der Waals surface area contributed by atoms with Gasteiger partial charge in [-0.15, -0.1) is 11.3 Å². The van der Waals surface area contributed by atoms with E-state index in [0.717, 1.165) is 15.1 Å². The van der Waals surface area contributed by atoms with E-state index in [1.165, 1.54) is 11.3 Å². The molecule has 1 N–H and O–H groups in total. The van der Waals surface area contributed by atoms with Gasteiger partial charge in [-0.05, 0) is 59.6 Å². The monoisotopic (exact) mass is 389 g/mol. The molecule has 2 rings (SSSR count). The minimum atomic E-state index is -3.46. The van der Waals surface area contributed by atoms with Crippen LogP contribution in [0.1, 0.15) is 19.4 Å². The van der Waals surface area contributed by atoms with Crippen LogP contribution >= 0.6 is 27.3 Å². The van der Waals surface area contributed by atoms with Crippen molar-refractivity contribution in [2.45, 2.75) is 30.7 Å². The molecule has 7 heteroatoms. The van der Waals surface area contributed by atoms with Gasteiger partial charge in [-0.2, -0.15) is 0 Å². The first-order chi connectivity index (χ1) is 9.87. The lowest BCUT2D eigenvalue weighted by Gasteiger charge is -2.10. The Bertz CT molecular complexity index is 693. The molecule has 0 radical (unpaired) electrons. The fourth-order valence-electron chi connectivity index (χ4n) is 1.65. The van der Waals surface area contributed by atoms with Crippen LogP contribution in [0.4, 0.5) is 0 Å². The van der Waals surface area contributed by atoms with Crippen LogP contribution in [0, 0.1) is 0 Å². The highest BCUT2D eigenvalue weighted by Crippen LogP contribution is 2.26. The molecule has 0 aliphatic rings. The van der Waals surface area contributed by atoms with Gasteiger partial charge in [0.2, 0.25) is 10.0 Å². The zero-order chi connectivity index (χ0) is 15.5. The molecule has 114 valence electrons. The summed E-state index contributed by atoms with van der Waals surface area (Å²) in [5, 5.41) is 0. The van der Waals surface area contributed by atoms with Gasteiger partial charge in [-0.1, -0.05) is 12.1 Å². The lowest BCUT2D eigenvalue weighted by molar-refractivity contribution is 0.242. The Morgan fingerprint density at radius 2 is 1.86 bits per heavy atom. The molecule has 0 amide bonds. The maximum atomic E-state index is 12.1. The first-order valence-electron chi connectivity index (χ1n) is 6.37. The van der Waals surface area contributed by atoms with E-state index in [-0.39, 0.29) is 12.6 Å². The largest absolute Gasteiger partial charge is 0.491 e. The maximum Gasteiger partial charge on any atom is 0.250 e. The van der Waals surface area contributed by atoms with Crippen molar-refractivity contribution in [2.75, 3.05) is 0 Å². The molecule has 0 unspecified atom stereocenters. The molecule has 1 aromatic heterocycles. The van der Waals surface area contributed by atoms with Crippen molar-refractivity contribution >= 4 is 37.3 Å². The van der Waals surface area contributed by atoms with E-state index in [1.54, 1.807) is 12.1 Å².